The highest BCUT2D eigenvalue weighted by molar-refractivity contribution is 4.67. The first kappa shape index (κ1) is 9.05. The van der Waals surface area contributed by atoms with Crippen molar-refractivity contribution in [3.63, 3.8) is 0 Å². The first-order valence-corrected chi connectivity index (χ1v) is 5.04. The minimum atomic E-state index is 0.414. The Balaban J connectivity index is 2.05. The van der Waals surface area contributed by atoms with Gasteiger partial charge in [0, 0.05) is 6.04 Å². The molecule has 1 aliphatic carbocycles. The predicted molar refractivity (Wildman–Crippen MR) is 49.5 cm³/mol. The highest BCUT2D eigenvalue weighted by Crippen LogP contribution is 2.27. The van der Waals surface area contributed by atoms with Crippen LogP contribution in [0.5, 0.6) is 0 Å². The van der Waals surface area contributed by atoms with Gasteiger partial charge in [0.2, 0.25) is 0 Å². The Morgan fingerprint density at radius 3 is 2.45 bits per heavy atom. The van der Waals surface area contributed by atoms with Gasteiger partial charge in [0.15, 0.2) is 0 Å². The Bertz CT molecular complexity index is 93.0. The third-order valence-electron chi connectivity index (χ3n) is 2.76. The topological polar surface area (TPSA) is 26.0 Å². The zero-order chi connectivity index (χ0) is 8.10. The lowest BCUT2D eigenvalue weighted by atomic mass is 9.85. The van der Waals surface area contributed by atoms with Gasteiger partial charge in [0.05, 0.1) is 0 Å². The van der Waals surface area contributed by atoms with Crippen molar-refractivity contribution in [2.45, 2.75) is 57.9 Å². The summed E-state index contributed by atoms with van der Waals surface area (Å²) in [5.41, 5.74) is 5.71. The minimum absolute atomic E-state index is 0.414. The van der Waals surface area contributed by atoms with Crippen molar-refractivity contribution < 1.29 is 0 Å². The molecule has 0 aliphatic heterocycles. The third-order valence-corrected chi connectivity index (χ3v) is 2.76. The number of hydrogen-bond donors (Lipinski definition) is 1. The van der Waals surface area contributed by atoms with Gasteiger partial charge in [-0.3, -0.25) is 0 Å². The summed E-state index contributed by atoms with van der Waals surface area (Å²) in [6.45, 7) is 2.11. The quantitative estimate of drug-likeness (QED) is 0.666. The Morgan fingerprint density at radius 1 is 1.27 bits per heavy atom. The minimum Gasteiger partial charge on any atom is -0.328 e. The van der Waals surface area contributed by atoms with Crippen LogP contribution < -0.4 is 5.73 Å². The molecule has 0 unspecified atom stereocenters. The smallest absolute Gasteiger partial charge is 0.00105 e. The third kappa shape index (κ3) is 3.76. The average molecular weight is 155 g/mol. The molecule has 0 aromatic rings. The van der Waals surface area contributed by atoms with Gasteiger partial charge >= 0.3 is 0 Å². The van der Waals surface area contributed by atoms with Crippen LogP contribution in [0.1, 0.15) is 51.9 Å². The molecule has 0 amide bonds. The predicted octanol–water partition coefficient (Wildman–Crippen LogP) is 2.69. The maximum Gasteiger partial charge on any atom is 0.00105 e. The molecular formula is C10H21N. The lowest BCUT2D eigenvalue weighted by molar-refractivity contribution is 0.325. The SMILES string of the molecule is C[C@@H](N)CCC1CCCCC1. The first-order chi connectivity index (χ1) is 5.29. The maximum absolute atomic E-state index is 5.71. The van der Waals surface area contributed by atoms with Crippen LogP contribution in [0.2, 0.25) is 0 Å². The van der Waals surface area contributed by atoms with Crippen LogP contribution in [0.4, 0.5) is 0 Å². The fraction of sp³-hybridized carbons (Fsp3) is 1.00. The second-order valence-electron chi connectivity index (χ2n) is 4.06. The van der Waals surface area contributed by atoms with Gasteiger partial charge in [-0.2, -0.15) is 0 Å². The molecule has 0 saturated heterocycles. The van der Waals surface area contributed by atoms with Crippen LogP contribution in [0.3, 0.4) is 0 Å². The zero-order valence-corrected chi connectivity index (χ0v) is 7.68. The van der Waals surface area contributed by atoms with Crippen LogP contribution in [0.15, 0.2) is 0 Å². The van der Waals surface area contributed by atoms with Crippen molar-refractivity contribution in [2.75, 3.05) is 0 Å². The van der Waals surface area contributed by atoms with Crippen LogP contribution in [-0.2, 0) is 0 Å². The fourth-order valence-electron chi connectivity index (χ4n) is 1.97. The first-order valence-electron chi connectivity index (χ1n) is 5.04. The average Bonchev–Trinajstić information content (AvgIpc) is 2.03. The number of nitrogens with two attached hydrogens (primary N) is 1. The maximum atomic E-state index is 5.71. The molecule has 1 atom stereocenters. The summed E-state index contributed by atoms with van der Waals surface area (Å²) < 4.78 is 0. The summed E-state index contributed by atoms with van der Waals surface area (Å²) in [7, 11) is 0. The van der Waals surface area contributed by atoms with Gasteiger partial charge in [-0.15, -0.1) is 0 Å². The Kier molecular flexibility index (Phi) is 3.92. The normalized spacial score (nSPS) is 23.5. The zero-order valence-electron chi connectivity index (χ0n) is 7.68. The molecule has 0 radical (unpaired) electrons. The van der Waals surface area contributed by atoms with E-state index in [1.54, 1.807) is 0 Å². The van der Waals surface area contributed by atoms with E-state index in [1.165, 1.54) is 44.9 Å². The van der Waals surface area contributed by atoms with E-state index in [1.807, 2.05) is 0 Å². The van der Waals surface area contributed by atoms with E-state index in [9.17, 15) is 0 Å². The molecular weight excluding hydrogens is 134 g/mol. The van der Waals surface area contributed by atoms with Crippen LogP contribution in [0.25, 0.3) is 0 Å². The molecule has 1 aliphatic rings. The van der Waals surface area contributed by atoms with Gasteiger partial charge < -0.3 is 5.73 Å². The van der Waals surface area contributed by atoms with Crippen molar-refractivity contribution >= 4 is 0 Å². The molecule has 11 heavy (non-hydrogen) atoms. The molecule has 1 heteroatoms. The molecule has 66 valence electrons. The molecule has 2 N–H and O–H groups in total. The summed E-state index contributed by atoms with van der Waals surface area (Å²) in [6, 6.07) is 0.414. The van der Waals surface area contributed by atoms with Crippen molar-refractivity contribution in [3.05, 3.63) is 0 Å². The van der Waals surface area contributed by atoms with E-state index >= 15 is 0 Å². The highest BCUT2D eigenvalue weighted by atomic mass is 14.6. The van der Waals surface area contributed by atoms with E-state index in [2.05, 4.69) is 6.92 Å². The highest BCUT2D eigenvalue weighted by Gasteiger charge is 2.12. The largest absolute Gasteiger partial charge is 0.328 e. The van der Waals surface area contributed by atoms with E-state index in [4.69, 9.17) is 5.73 Å². The standard InChI is InChI=1S/C10H21N/c1-9(11)7-8-10-5-3-2-4-6-10/h9-10H,2-8,11H2,1H3/t9-/m1/s1. The molecule has 0 heterocycles. The van der Waals surface area contributed by atoms with Gasteiger partial charge in [-0.05, 0) is 25.7 Å². The molecule has 1 nitrogen and oxygen atoms in total. The molecule has 0 aromatic heterocycles. The summed E-state index contributed by atoms with van der Waals surface area (Å²) >= 11 is 0. The van der Waals surface area contributed by atoms with Gasteiger partial charge in [0.25, 0.3) is 0 Å². The van der Waals surface area contributed by atoms with Crippen LogP contribution in [-0.4, -0.2) is 6.04 Å². The van der Waals surface area contributed by atoms with E-state index < -0.39 is 0 Å². The van der Waals surface area contributed by atoms with Crippen molar-refractivity contribution in [1.82, 2.24) is 0 Å². The number of rotatable bonds is 3. The molecule has 1 saturated carbocycles. The summed E-state index contributed by atoms with van der Waals surface area (Å²) in [6.07, 6.45) is 9.92. The van der Waals surface area contributed by atoms with Gasteiger partial charge in [-0.25, -0.2) is 0 Å². The molecule has 1 rings (SSSR count). The molecule has 0 spiro atoms. The molecule has 1 fully saturated rings. The molecule has 0 bridgehead atoms. The second-order valence-corrected chi connectivity index (χ2v) is 4.06. The fourth-order valence-corrected chi connectivity index (χ4v) is 1.97. The molecule has 0 aromatic carbocycles. The van der Waals surface area contributed by atoms with Crippen molar-refractivity contribution in [3.8, 4) is 0 Å². The number of hydrogen-bond acceptors (Lipinski definition) is 1. The lowest BCUT2D eigenvalue weighted by Gasteiger charge is -2.21. The van der Waals surface area contributed by atoms with E-state index in [-0.39, 0.29) is 0 Å². The summed E-state index contributed by atoms with van der Waals surface area (Å²) in [5.74, 6) is 1.01. The summed E-state index contributed by atoms with van der Waals surface area (Å²) in [5, 5.41) is 0. The van der Waals surface area contributed by atoms with Crippen LogP contribution in [0, 0.1) is 5.92 Å². The van der Waals surface area contributed by atoms with E-state index in [0.717, 1.165) is 5.92 Å². The van der Waals surface area contributed by atoms with Crippen molar-refractivity contribution in [2.24, 2.45) is 11.7 Å². The van der Waals surface area contributed by atoms with Crippen molar-refractivity contribution in [1.29, 1.82) is 0 Å². The van der Waals surface area contributed by atoms with Gasteiger partial charge in [0.1, 0.15) is 0 Å². The van der Waals surface area contributed by atoms with Gasteiger partial charge in [-0.1, -0.05) is 32.1 Å². The lowest BCUT2D eigenvalue weighted by Crippen LogP contribution is -2.17. The monoisotopic (exact) mass is 155 g/mol. The summed E-state index contributed by atoms with van der Waals surface area (Å²) in [4.78, 5) is 0. The Morgan fingerprint density at radius 2 is 1.91 bits per heavy atom. The Hall–Kier alpha value is -0.0400. The second kappa shape index (κ2) is 4.76. The van der Waals surface area contributed by atoms with Crippen LogP contribution >= 0.6 is 0 Å². The Labute approximate surface area is 70.4 Å². The van der Waals surface area contributed by atoms with E-state index in [0.29, 0.717) is 6.04 Å².